The van der Waals surface area contributed by atoms with Crippen LogP contribution >= 0.6 is 0 Å². The lowest BCUT2D eigenvalue weighted by Gasteiger charge is -2.39. The average molecular weight is 296 g/mol. The Morgan fingerprint density at radius 3 is 2.52 bits per heavy atom. The summed E-state index contributed by atoms with van der Waals surface area (Å²) in [5.41, 5.74) is -0.290. The molecule has 21 heavy (non-hydrogen) atoms. The molecule has 0 aromatic rings. The van der Waals surface area contributed by atoms with Crippen LogP contribution in [0.1, 0.15) is 64.7 Å². The first kappa shape index (κ1) is 16.8. The normalized spacial score (nSPS) is 29.0. The van der Waals surface area contributed by atoms with Crippen molar-refractivity contribution in [3.8, 4) is 0 Å². The Kier molecular flexibility index (Phi) is 6.06. The highest BCUT2D eigenvalue weighted by atomic mass is 16.3. The predicted octanol–water partition coefficient (Wildman–Crippen LogP) is 2.22. The number of piperidine rings is 1. The maximum Gasteiger partial charge on any atom is 0.227 e. The lowest BCUT2D eigenvalue weighted by atomic mass is 9.73. The van der Waals surface area contributed by atoms with Gasteiger partial charge in [-0.1, -0.05) is 32.6 Å². The summed E-state index contributed by atoms with van der Waals surface area (Å²) in [6.07, 6.45) is 9.78. The van der Waals surface area contributed by atoms with E-state index in [0.717, 1.165) is 51.6 Å². The van der Waals surface area contributed by atoms with Crippen LogP contribution in [0.15, 0.2) is 0 Å². The van der Waals surface area contributed by atoms with Gasteiger partial charge in [-0.15, -0.1) is 0 Å². The molecule has 1 atom stereocenters. The standard InChI is InChI=1S/C17H32N2O2/c1-2-7-17(10-6-11-18-13-17)15(21)19-12-16(14-20)8-4-3-5-9-16/h18,20H,2-14H2,1H3,(H,19,21). The minimum atomic E-state index is -0.224. The van der Waals surface area contributed by atoms with Crippen LogP contribution in [0.4, 0.5) is 0 Å². The third-order valence-corrected chi connectivity index (χ3v) is 5.56. The van der Waals surface area contributed by atoms with Crippen molar-refractivity contribution < 1.29 is 9.90 Å². The van der Waals surface area contributed by atoms with Gasteiger partial charge in [0.1, 0.15) is 0 Å². The van der Waals surface area contributed by atoms with Gasteiger partial charge in [-0.25, -0.2) is 0 Å². The van der Waals surface area contributed by atoms with Gasteiger partial charge in [0.15, 0.2) is 0 Å². The lowest BCUT2D eigenvalue weighted by molar-refractivity contribution is -0.133. The third-order valence-electron chi connectivity index (χ3n) is 5.56. The Morgan fingerprint density at radius 2 is 1.95 bits per heavy atom. The SMILES string of the molecule is CCCC1(C(=O)NCC2(CO)CCCCC2)CCCNC1. The Balaban J connectivity index is 1.94. The smallest absolute Gasteiger partial charge is 0.227 e. The zero-order valence-corrected chi connectivity index (χ0v) is 13.5. The van der Waals surface area contributed by atoms with E-state index in [1.165, 1.54) is 19.3 Å². The van der Waals surface area contributed by atoms with Crippen LogP contribution in [0.2, 0.25) is 0 Å². The summed E-state index contributed by atoms with van der Waals surface area (Å²) in [5, 5.41) is 16.4. The zero-order valence-electron chi connectivity index (χ0n) is 13.5. The number of aliphatic hydroxyl groups excluding tert-OH is 1. The maximum atomic E-state index is 12.8. The lowest BCUT2D eigenvalue weighted by Crippen LogP contribution is -2.53. The van der Waals surface area contributed by atoms with Crippen LogP contribution in [0.25, 0.3) is 0 Å². The fourth-order valence-electron chi connectivity index (χ4n) is 4.11. The minimum Gasteiger partial charge on any atom is -0.396 e. The van der Waals surface area contributed by atoms with E-state index in [9.17, 15) is 9.90 Å². The number of hydrogen-bond donors (Lipinski definition) is 3. The second kappa shape index (κ2) is 7.59. The molecule has 1 saturated carbocycles. The molecule has 4 heteroatoms. The number of carbonyl (C=O) groups excluding carboxylic acids is 1. The number of carbonyl (C=O) groups is 1. The van der Waals surface area contributed by atoms with Crippen LogP contribution in [-0.2, 0) is 4.79 Å². The van der Waals surface area contributed by atoms with Crippen molar-refractivity contribution in [2.75, 3.05) is 26.2 Å². The van der Waals surface area contributed by atoms with Crippen molar-refractivity contribution in [2.24, 2.45) is 10.8 Å². The summed E-state index contributed by atoms with van der Waals surface area (Å²) in [4.78, 5) is 12.8. The Hall–Kier alpha value is -0.610. The van der Waals surface area contributed by atoms with Crippen molar-refractivity contribution in [2.45, 2.75) is 64.7 Å². The first-order valence-corrected chi connectivity index (χ1v) is 8.76. The maximum absolute atomic E-state index is 12.8. The first-order valence-electron chi connectivity index (χ1n) is 8.76. The quantitative estimate of drug-likeness (QED) is 0.704. The number of nitrogens with one attached hydrogen (secondary N) is 2. The fourth-order valence-corrected chi connectivity index (χ4v) is 4.11. The van der Waals surface area contributed by atoms with E-state index >= 15 is 0 Å². The molecule has 1 heterocycles. The minimum absolute atomic E-state index is 0.0661. The van der Waals surface area contributed by atoms with Gasteiger partial charge in [-0.2, -0.15) is 0 Å². The van der Waals surface area contributed by atoms with Gasteiger partial charge in [0.05, 0.1) is 12.0 Å². The largest absolute Gasteiger partial charge is 0.396 e. The van der Waals surface area contributed by atoms with Crippen LogP contribution < -0.4 is 10.6 Å². The molecule has 0 aromatic carbocycles. The molecule has 4 nitrogen and oxygen atoms in total. The summed E-state index contributed by atoms with van der Waals surface area (Å²) < 4.78 is 0. The van der Waals surface area contributed by atoms with E-state index in [0.29, 0.717) is 6.54 Å². The molecule has 2 rings (SSSR count). The van der Waals surface area contributed by atoms with E-state index < -0.39 is 0 Å². The molecule has 0 spiro atoms. The first-order chi connectivity index (χ1) is 10.2. The Morgan fingerprint density at radius 1 is 1.19 bits per heavy atom. The van der Waals surface area contributed by atoms with Gasteiger partial charge in [-0.05, 0) is 38.6 Å². The molecule has 1 amide bonds. The molecule has 2 aliphatic rings. The van der Waals surface area contributed by atoms with Gasteiger partial charge in [0, 0.05) is 18.5 Å². The van der Waals surface area contributed by atoms with E-state index in [-0.39, 0.29) is 23.3 Å². The average Bonchev–Trinajstić information content (AvgIpc) is 2.54. The van der Waals surface area contributed by atoms with Gasteiger partial charge < -0.3 is 15.7 Å². The molecule has 1 aliphatic heterocycles. The highest BCUT2D eigenvalue weighted by Gasteiger charge is 2.40. The van der Waals surface area contributed by atoms with Crippen molar-refractivity contribution >= 4 is 5.91 Å². The second-order valence-corrected chi connectivity index (χ2v) is 7.21. The van der Waals surface area contributed by atoms with Crippen LogP contribution in [-0.4, -0.2) is 37.3 Å². The summed E-state index contributed by atoms with van der Waals surface area (Å²) >= 11 is 0. The third kappa shape index (κ3) is 3.98. The second-order valence-electron chi connectivity index (χ2n) is 7.21. The highest BCUT2D eigenvalue weighted by molar-refractivity contribution is 5.83. The molecule has 0 aromatic heterocycles. The molecule has 0 bridgehead atoms. The molecule has 1 saturated heterocycles. The molecular weight excluding hydrogens is 264 g/mol. The number of rotatable bonds is 6. The molecule has 2 fully saturated rings. The monoisotopic (exact) mass is 296 g/mol. The molecule has 0 radical (unpaired) electrons. The van der Waals surface area contributed by atoms with Gasteiger partial charge in [0.25, 0.3) is 0 Å². The topological polar surface area (TPSA) is 61.4 Å². The molecule has 3 N–H and O–H groups in total. The van der Waals surface area contributed by atoms with Crippen molar-refractivity contribution in [3.05, 3.63) is 0 Å². The number of hydrogen-bond acceptors (Lipinski definition) is 3. The van der Waals surface area contributed by atoms with Gasteiger partial charge >= 0.3 is 0 Å². The van der Waals surface area contributed by atoms with Crippen LogP contribution in [0.3, 0.4) is 0 Å². The fraction of sp³-hybridized carbons (Fsp3) is 0.941. The van der Waals surface area contributed by atoms with E-state index in [2.05, 4.69) is 17.6 Å². The Labute approximate surface area is 129 Å². The summed E-state index contributed by atoms with van der Waals surface area (Å²) in [5.74, 6) is 0.204. The molecule has 1 aliphatic carbocycles. The van der Waals surface area contributed by atoms with Crippen LogP contribution in [0, 0.1) is 10.8 Å². The van der Waals surface area contributed by atoms with E-state index in [1.807, 2.05) is 0 Å². The molecule has 122 valence electrons. The zero-order chi connectivity index (χ0) is 15.2. The number of aliphatic hydroxyl groups is 1. The molecule has 1 unspecified atom stereocenters. The summed E-state index contributed by atoms with van der Waals surface area (Å²) in [6, 6.07) is 0. The van der Waals surface area contributed by atoms with Crippen molar-refractivity contribution in [3.63, 3.8) is 0 Å². The Bertz CT molecular complexity index is 326. The van der Waals surface area contributed by atoms with Crippen molar-refractivity contribution in [1.29, 1.82) is 0 Å². The predicted molar refractivity (Wildman–Crippen MR) is 85.1 cm³/mol. The van der Waals surface area contributed by atoms with Crippen molar-refractivity contribution in [1.82, 2.24) is 10.6 Å². The summed E-state index contributed by atoms with van der Waals surface area (Å²) in [7, 11) is 0. The molecular formula is C17H32N2O2. The highest BCUT2D eigenvalue weighted by Crippen LogP contribution is 2.36. The van der Waals surface area contributed by atoms with Gasteiger partial charge in [-0.3, -0.25) is 4.79 Å². The van der Waals surface area contributed by atoms with Gasteiger partial charge in [0.2, 0.25) is 5.91 Å². The number of amides is 1. The van der Waals surface area contributed by atoms with Crippen LogP contribution in [0.5, 0.6) is 0 Å². The van der Waals surface area contributed by atoms with E-state index in [1.54, 1.807) is 0 Å². The summed E-state index contributed by atoms with van der Waals surface area (Å²) in [6.45, 7) is 4.83. The van der Waals surface area contributed by atoms with E-state index in [4.69, 9.17) is 0 Å².